The Bertz CT molecular complexity index is 1120. The lowest BCUT2D eigenvalue weighted by Gasteiger charge is -2.10. The number of nitrogen functional groups attached to an aromatic ring is 1. The van der Waals surface area contributed by atoms with Crippen LogP contribution < -0.4 is 5.73 Å². The minimum absolute atomic E-state index is 0.00938. The van der Waals surface area contributed by atoms with E-state index >= 15 is 0 Å². The quantitative estimate of drug-likeness (QED) is 0.444. The number of H-pyrrole nitrogens is 1. The molecule has 0 aliphatic carbocycles. The summed E-state index contributed by atoms with van der Waals surface area (Å²) in [5.41, 5.74) is 5.29. The second-order valence-corrected chi connectivity index (χ2v) is 7.29. The molecule has 4 aromatic heterocycles. The van der Waals surface area contributed by atoms with E-state index in [4.69, 9.17) is 22.4 Å². The van der Waals surface area contributed by atoms with Crippen LogP contribution in [0.2, 0.25) is 0 Å². The second-order valence-electron chi connectivity index (χ2n) is 4.97. The molecule has 0 atom stereocenters. The highest BCUT2D eigenvalue weighted by Crippen LogP contribution is 2.46. The van der Waals surface area contributed by atoms with Crippen LogP contribution in [0.15, 0.2) is 28.0 Å². The van der Waals surface area contributed by atoms with Crippen molar-refractivity contribution in [1.82, 2.24) is 15.2 Å². The highest BCUT2D eigenvalue weighted by molar-refractivity contribution is 7.71. The first kappa shape index (κ1) is 16.2. The van der Waals surface area contributed by atoms with E-state index in [-0.39, 0.29) is 37.2 Å². The zero-order valence-corrected chi connectivity index (χ0v) is 14.5. The monoisotopic (exact) mass is 400 g/mol. The summed E-state index contributed by atoms with van der Waals surface area (Å²) in [5.74, 6) is 0.0382. The van der Waals surface area contributed by atoms with Crippen molar-refractivity contribution in [2.24, 2.45) is 0 Å². The molecule has 25 heavy (non-hydrogen) atoms. The zero-order chi connectivity index (χ0) is 17.8. The summed E-state index contributed by atoms with van der Waals surface area (Å²) in [5, 5.41) is 7.88. The number of nitrogens with two attached hydrogens (primary N) is 1. The van der Waals surface area contributed by atoms with Crippen LogP contribution in [0.25, 0.3) is 31.6 Å². The van der Waals surface area contributed by atoms with Gasteiger partial charge in [-0.15, -0.1) is 27.8 Å². The molecule has 0 aliphatic heterocycles. The van der Waals surface area contributed by atoms with E-state index in [9.17, 15) is 13.2 Å². The first-order valence-corrected chi connectivity index (χ1v) is 8.85. The molecule has 0 amide bonds. The SMILES string of the molecule is Nc1c(-c2n[nH]c(=S)o2)sc2nc(-c3cccs3)cc(C(F)(F)F)c12. The third kappa shape index (κ3) is 2.73. The minimum Gasteiger partial charge on any atom is -0.408 e. The van der Waals surface area contributed by atoms with E-state index < -0.39 is 11.7 Å². The number of pyridine rings is 1. The van der Waals surface area contributed by atoms with Gasteiger partial charge in [-0.2, -0.15) is 13.2 Å². The Labute approximate surface area is 150 Å². The molecule has 0 radical (unpaired) electrons. The van der Waals surface area contributed by atoms with Crippen molar-refractivity contribution < 1.29 is 17.6 Å². The second kappa shape index (κ2) is 5.64. The number of aromatic amines is 1. The molecule has 0 aliphatic rings. The number of hydrogen-bond acceptors (Lipinski definition) is 7. The van der Waals surface area contributed by atoms with Gasteiger partial charge in [0.05, 0.1) is 21.8 Å². The van der Waals surface area contributed by atoms with Crippen molar-refractivity contribution >= 4 is 50.8 Å². The van der Waals surface area contributed by atoms with Crippen molar-refractivity contribution in [1.29, 1.82) is 0 Å². The average molecular weight is 400 g/mol. The summed E-state index contributed by atoms with van der Waals surface area (Å²) in [6.07, 6.45) is -4.58. The van der Waals surface area contributed by atoms with E-state index in [1.54, 1.807) is 17.5 Å². The Morgan fingerprint density at radius 2 is 2.12 bits per heavy atom. The number of hydrogen-bond donors (Lipinski definition) is 2. The number of alkyl halides is 3. The summed E-state index contributed by atoms with van der Waals surface area (Å²) in [6.45, 7) is 0. The van der Waals surface area contributed by atoms with Crippen LogP contribution in [0, 0.1) is 4.84 Å². The van der Waals surface area contributed by atoms with Gasteiger partial charge in [-0.3, -0.25) is 0 Å². The van der Waals surface area contributed by atoms with Crippen molar-refractivity contribution in [2.75, 3.05) is 5.73 Å². The zero-order valence-electron chi connectivity index (χ0n) is 12.0. The van der Waals surface area contributed by atoms with Gasteiger partial charge in [0.2, 0.25) is 0 Å². The smallest absolute Gasteiger partial charge is 0.408 e. The first-order chi connectivity index (χ1) is 11.8. The average Bonchev–Trinajstić information content (AvgIpc) is 3.26. The molecule has 0 saturated carbocycles. The molecule has 0 unspecified atom stereocenters. The van der Waals surface area contributed by atoms with Gasteiger partial charge in [0, 0.05) is 5.39 Å². The van der Waals surface area contributed by atoms with Gasteiger partial charge in [-0.25, -0.2) is 10.1 Å². The highest BCUT2D eigenvalue weighted by atomic mass is 32.1. The van der Waals surface area contributed by atoms with E-state index in [0.717, 1.165) is 17.4 Å². The molecule has 11 heteroatoms. The van der Waals surface area contributed by atoms with E-state index in [2.05, 4.69) is 15.2 Å². The van der Waals surface area contributed by atoms with Gasteiger partial charge in [0.25, 0.3) is 10.7 Å². The van der Waals surface area contributed by atoms with Gasteiger partial charge < -0.3 is 10.2 Å². The Hall–Kier alpha value is -2.24. The molecule has 0 bridgehead atoms. The molecule has 128 valence electrons. The summed E-state index contributed by atoms with van der Waals surface area (Å²) >= 11 is 7.09. The normalized spacial score (nSPS) is 12.1. The fourth-order valence-corrected chi connectivity index (χ4v) is 4.24. The molecular weight excluding hydrogens is 393 g/mol. The molecule has 0 aromatic carbocycles. The maximum absolute atomic E-state index is 13.6. The Balaban J connectivity index is 2.05. The molecule has 3 N–H and O–H groups in total. The van der Waals surface area contributed by atoms with E-state index in [1.807, 2.05) is 0 Å². The lowest BCUT2D eigenvalue weighted by Crippen LogP contribution is -2.07. The topological polar surface area (TPSA) is 80.7 Å². The molecule has 0 spiro atoms. The summed E-state index contributed by atoms with van der Waals surface area (Å²) in [4.78, 5) is 5.41. The number of nitrogens with one attached hydrogen (secondary N) is 1. The Morgan fingerprint density at radius 1 is 1.32 bits per heavy atom. The lowest BCUT2D eigenvalue weighted by molar-refractivity contribution is -0.136. The lowest BCUT2D eigenvalue weighted by atomic mass is 10.1. The molecule has 0 saturated heterocycles. The van der Waals surface area contributed by atoms with Crippen LogP contribution in [0.5, 0.6) is 0 Å². The number of nitrogens with zero attached hydrogens (tertiary/aromatic N) is 2. The molecule has 5 nitrogen and oxygen atoms in total. The third-order valence-electron chi connectivity index (χ3n) is 3.41. The number of thiophene rings is 2. The van der Waals surface area contributed by atoms with Crippen LogP contribution in [-0.4, -0.2) is 15.2 Å². The van der Waals surface area contributed by atoms with Crippen LogP contribution in [0.3, 0.4) is 0 Å². The maximum Gasteiger partial charge on any atom is 0.417 e. The van der Waals surface area contributed by atoms with E-state index in [1.165, 1.54) is 11.3 Å². The minimum atomic E-state index is -4.58. The number of aromatic nitrogens is 3. The van der Waals surface area contributed by atoms with Gasteiger partial charge in [-0.05, 0) is 29.7 Å². The van der Waals surface area contributed by atoms with Crippen LogP contribution in [-0.2, 0) is 6.18 Å². The van der Waals surface area contributed by atoms with Crippen LogP contribution >= 0.6 is 34.9 Å². The molecule has 4 aromatic rings. The summed E-state index contributed by atoms with van der Waals surface area (Å²) in [7, 11) is 0. The number of fused-ring (bicyclic) bond motifs is 1. The third-order valence-corrected chi connectivity index (χ3v) is 5.56. The standard InChI is InChI=1S/C14H7F3N4OS3/c15-14(16,17)5-4-6(7-2-1-3-24-7)19-12-8(5)9(18)10(25-12)11-20-21-13(23)22-11/h1-4H,18H2,(H,21,23). The molecule has 4 rings (SSSR count). The summed E-state index contributed by atoms with van der Waals surface area (Å²) in [6, 6.07) is 4.48. The Morgan fingerprint density at radius 3 is 2.72 bits per heavy atom. The Kier molecular flexibility index (Phi) is 3.67. The number of anilines is 1. The van der Waals surface area contributed by atoms with Crippen molar-refractivity contribution in [3.05, 3.63) is 34.0 Å². The molecular formula is C14H7F3N4OS3. The highest BCUT2D eigenvalue weighted by Gasteiger charge is 2.36. The number of rotatable bonds is 2. The maximum atomic E-state index is 13.6. The molecule has 0 fully saturated rings. The summed E-state index contributed by atoms with van der Waals surface area (Å²) < 4.78 is 46.0. The van der Waals surface area contributed by atoms with Gasteiger partial charge in [0.1, 0.15) is 9.71 Å². The van der Waals surface area contributed by atoms with Crippen molar-refractivity contribution in [3.8, 4) is 21.3 Å². The van der Waals surface area contributed by atoms with Gasteiger partial charge in [-0.1, -0.05) is 6.07 Å². The fourth-order valence-electron chi connectivity index (χ4n) is 2.38. The van der Waals surface area contributed by atoms with Crippen LogP contribution in [0.1, 0.15) is 5.56 Å². The van der Waals surface area contributed by atoms with Crippen molar-refractivity contribution in [2.45, 2.75) is 6.18 Å². The first-order valence-electron chi connectivity index (χ1n) is 6.74. The fraction of sp³-hybridized carbons (Fsp3) is 0.0714. The van der Waals surface area contributed by atoms with Crippen molar-refractivity contribution in [3.63, 3.8) is 0 Å². The van der Waals surface area contributed by atoms with Gasteiger partial charge >= 0.3 is 6.18 Å². The van der Waals surface area contributed by atoms with E-state index in [0.29, 0.717) is 4.88 Å². The van der Waals surface area contributed by atoms with Crippen LogP contribution in [0.4, 0.5) is 18.9 Å². The predicted octanol–water partition coefficient (Wildman–Crippen LogP) is 5.34. The largest absolute Gasteiger partial charge is 0.417 e. The predicted molar refractivity (Wildman–Crippen MR) is 93.0 cm³/mol. The van der Waals surface area contributed by atoms with Gasteiger partial charge in [0.15, 0.2) is 0 Å². The number of halogens is 3. The molecule has 4 heterocycles.